The molecule has 8 nitrogen and oxygen atoms in total. The van der Waals surface area contributed by atoms with Crippen molar-refractivity contribution in [2.45, 2.75) is 6.42 Å². The van der Waals surface area contributed by atoms with Crippen LogP contribution in [0.5, 0.6) is 0 Å². The minimum Gasteiger partial charge on any atom is -0.465 e. The molecule has 0 saturated heterocycles. The van der Waals surface area contributed by atoms with E-state index in [-0.39, 0.29) is 11.3 Å². The van der Waals surface area contributed by atoms with Gasteiger partial charge in [-0.1, -0.05) is 12.1 Å². The van der Waals surface area contributed by atoms with Crippen LogP contribution in [0.25, 0.3) is 22.3 Å². The Balaban J connectivity index is 1.50. The van der Waals surface area contributed by atoms with Gasteiger partial charge in [-0.15, -0.1) is 0 Å². The van der Waals surface area contributed by atoms with E-state index in [2.05, 4.69) is 20.4 Å². The third-order valence-corrected chi connectivity index (χ3v) is 5.50. The van der Waals surface area contributed by atoms with E-state index in [1.54, 1.807) is 30.7 Å². The van der Waals surface area contributed by atoms with E-state index in [0.717, 1.165) is 11.1 Å². The van der Waals surface area contributed by atoms with Gasteiger partial charge in [0.25, 0.3) is 0 Å². The fourth-order valence-corrected chi connectivity index (χ4v) is 3.83. The van der Waals surface area contributed by atoms with Crippen molar-refractivity contribution in [1.29, 1.82) is 0 Å². The van der Waals surface area contributed by atoms with Gasteiger partial charge < -0.3 is 15.3 Å². The minimum atomic E-state index is -0.949. The molecule has 1 aliphatic heterocycles. The molecule has 0 atom stereocenters. The van der Waals surface area contributed by atoms with Crippen molar-refractivity contribution in [1.82, 2.24) is 24.5 Å². The van der Waals surface area contributed by atoms with E-state index in [1.165, 1.54) is 27.6 Å². The van der Waals surface area contributed by atoms with E-state index >= 15 is 0 Å². The number of hydrogen-bond donors (Lipinski definition) is 2. The molecular formula is C23H18F2N6O2. The number of anilines is 2. The van der Waals surface area contributed by atoms with E-state index in [0.29, 0.717) is 36.7 Å². The van der Waals surface area contributed by atoms with Crippen molar-refractivity contribution in [3.05, 3.63) is 78.3 Å². The van der Waals surface area contributed by atoms with Gasteiger partial charge in [0.1, 0.15) is 11.6 Å². The molecule has 1 aromatic carbocycles. The Labute approximate surface area is 186 Å². The summed E-state index contributed by atoms with van der Waals surface area (Å²) in [6, 6.07) is 8.73. The Kier molecular flexibility index (Phi) is 5.17. The van der Waals surface area contributed by atoms with Crippen LogP contribution in [-0.4, -0.2) is 48.8 Å². The Morgan fingerprint density at radius 3 is 2.64 bits per heavy atom. The first kappa shape index (κ1) is 20.6. The monoisotopic (exact) mass is 448 g/mol. The molecule has 3 aromatic heterocycles. The molecule has 166 valence electrons. The molecule has 0 fully saturated rings. The number of benzene rings is 1. The predicted molar refractivity (Wildman–Crippen MR) is 118 cm³/mol. The number of amides is 1. The number of hydrogen-bond acceptors (Lipinski definition) is 5. The van der Waals surface area contributed by atoms with Gasteiger partial charge in [-0.3, -0.25) is 4.98 Å². The molecule has 0 bridgehead atoms. The number of nitrogens with zero attached hydrogens (tertiary/aromatic N) is 5. The van der Waals surface area contributed by atoms with Gasteiger partial charge in [0.15, 0.2) is 0 Å². The van der Waals surface area contributed by atoms with Crippen LogP contribution in [0.3, 0.4) is 0 Å². The number of carboxylic acid groups (broad SMARTS) is 1. The predicted octanol–water partition coefficient (Wildman–Crippen LogP) is 4.58. The number of halogens is 2. The highest BCUT2D eigenvalue weighted by atomic mass is 19.1. The molecule has 1 amide bonds. The topological polar surface area (TPSA) is 95.6 Å². The average molecular weight is 448 g/mol. The van der Waals surface area contributed by atoms with Gasteiger partial charge >= 0.3 is 6.09 Å². The molecule has 0 radical (unpaired) electrons. The normalized spacial score (nSPS) is 13.8. The summed E-state index contributed by atoms with van der Waals surface area (Å²) in [7, 11) is 0. The zero-order valence-corrected chi connectivity index (χ0v) is 17.2. The Hall–Kier alpha value is -4.34. The highest BCUT2D eigenvalue weighted by Crippen LogP contribution is 2.30. The van der Waals surface area contributed by atoms with E-state index in [9.17, 15) is 13.6 Å². The van der Waals surface area contributed by atoms with Crippen LogP contribution in [0.1, 0.15) is 12.0 Å². The second kappa shape index (κ2) is 8.30. The molecule has 4 aromatic rings. The van der Waals surface area contributed by atoms with Crippen LogP contribution in [0, 0.1) is 11.6 Å². The average Bonchev–Trinajstić information content (AvgIpc) is 3.21. The zero-order chi connectivity index (χ0) is 22.9. The number of pyridine rings is 1. The lowest BCUT2D eigenvalue weighted by molar-refractivity contribution is 0.150. The number of rotatable bonds is 4. The Morgan fingerprint density at radius 1 is 1.09 bits per heavy atom. The zero-order valence-electron chi connectivity index (χ0n) is 17.2. The minimum absolute atomic E-state index is 0.134. The summed E-state index contributed by atoms with van der Waals surface area (Å²) in [5, 5.41) is 16.8. The summed E-state index contributed by atoms with van der Waals surface area (Å²) in [4.78, 5) is 21.1. The maximum absolute atomic E-state index is 14.3. The van der Waals surface area contributed by atoms with E-state index < -0.39 is 17.7 Å². The van der Waals surface area contributed by atoms with Gasteiger partial charge in [0, 0.05) is 24.8 Å². The Bertz CT molecular complexity index is 1380. The van der Waals surface area contributed by atoms with Gasteiger partial charge in [-0.05, 0) is 42.3 Å². The largest absolute Gasteiger partial charge is 0.465 e. The van der Waals surface area contributed by atoms with Crippen molar-refractivity contribution in [2.75, 3.05) is 18.4 Å². The summed E-state index contributed by atoms with van der Waals surface area (Å²) < 4.78 is 30.0. The number of fused-ring (bicyclic) bond motifs is 1. The van der Waals surface area contributed by atoms with Crippen molar-refractivity contribution < 1.29 is 18.7 Å². The first-order valence-corrected chi connectivity index (χ1v) is 10.2. The second-order valence-electron chi connectivity index (χ2n) is 7.49. The molecule has 0 saturated carbocycles. The van der Waals surface area contributed by atoms with Crippen LogP contribution in [0.4, 0.5) is 25.2 Å². The third kappa shape index (κ3) is 3.86. The highest BCUT2D eigenvalue weighted by molar-refractivity contribution is 5.79. The fraction of sp³-hybridized carbons (Fsp3) is 0.130. The molecular weight excluding hydrogens is 430 g/mol. The van der Waals surface area contributed by atoms with Crippen LogP contribution in [0.15, 0.2) is 61.1 Å². The lowest BCUT2D eigenvalue weighted by atomic mass is 9.99. The standard InChI is InChI=1S/C23H18F2N6O2/c24-17-2-1-3-18(25)21(17)19-5-4-15-12-27-22(31(15)29-19)28-20-13-26-9-6-16(20)14-7-10-30(11-8-14)23(32)33/h1-7,9,12-13H,8,10-11H2,(H,27,28)(H,32,33). The van der Waals surface area contributed by atoms with Crippen molar-refractivity contribution >= 4 is 28.8 Å². The maximum atomic E-state index is 14.3. The lowest BCUT2D eigenvalue weighted by Crippen LogP contribution is -2.33. The highest BCUT2D eigenvalue weighted by Gasteiger charge is 2.19. The first-order chi connectivity index (χ1) is 16.0. The number of imidazole rings is 1. The van der Waals surface area contributed by atoms with Crippen molar-refractivity contribution in [2.24, 2.45) is 0 Å². The molecule has 1 aliphatic rings. The molecule has 33 heavy (non-hydrogen) atoms. The number of carbonyl (C=O) groups is 1. The maximum Gasteiger partial charge on any atom is 0.407 e. The first-order valence-electron chi connectivity index (χ1n) is 10.2. The second-order valence-corrected chi connectivity index (χ2v) is 7.49. The molecule has 10 heteroatoms. The van der Waals surface area contributed by atoms with Crippen LogP contribution in [-0.2, 0) is 0 Å². The Morgan fingerprint density at radius 2 is 1.91 bits per heavy atom. The summed E-state index contributed by atoms with van der Waals surface area (Å²) in [5.41, 5.74) is 3.07. The molecule has 2 N–H and O–H groups in total. The third-order valence-electron chi connectivity index (χ3n) is 5.50. The summed E-state index contributed by atoms with van der Waals surface area (Å²) in [5.74, 6) is -1.06. The molecule has 5 rings (SSSR count). The quantitative estimate of drug-likeness (QED) is 0.475. The lowest BCUT2D eigenvalue weighted by Gasteiger charge is -2.24. The van der Waals surface area contributed by atoms with E-state index in [1.807, 2.05) is 12.1 Å². The van der Waals surface area contributed by atoms with Crippen molar-refractivity contribution in [3.63, 3.8) is 0 Å². The van der Waals surface area contributed by atoms with Crippen molar-refractivity contribution in [3.8, 4) is 11.3 Å². The summed E-state index contributed by atoms with van der Waals surface area (Å²) >= 11 is 0. The van der Waals surface area contributed by atoms with Gasteiger partial charge in [0.05, 0.1) is 34.9 Å². The van der Waals surface area contributed by atoms with Crippen LogP contribution < -0.4 is 5.32 Å². The fourth-order valence-electron chi connectivity index (χ4n) is 3.83. The number of nitrogens with one attached hydrogen (secondary N) is 1. The van der Waals surface area contributed by atoms with E-state index in [4.69, 9.17) is 5.11 Å². The van der Waals surface area contributed by atoms with Gasteiger partial charge in [0.2, 0.25) is 5.95 Å². The summed E-state index contributed by atoms with van der Waals surface area (Å²) in [6.07, 6.45) is 6.38. The molecule has 0 spiro atoms. The smallest absolute Gasteiger partial charge is 0.407 e. The SMILES string of the molecule is O=C(O)N1CC=C(c2ccncc2Nc2ncc3ccc(-c4c(F)cccc4F)nn23)CC1. The molecule has 0 aliphatic carbocycles. The number of aromatic nitrogens is 4. The van der Waals surface area contributed by atoms with Crippen LogP contribution >= 0.6 is 0 Å². The van der Waals surface area contributed by atoms with Gasteiger partial charge in [-0.2, -0.15) is 9.61 Å². The van der Waals surface area contributed by atoms with Gasteiger partial charge in [-0.25, -0.2) is 18.6 Å². The summed E-state index contributed by atoms with van der Waals surface area (Å²) in [6.45, 7) is 0.701. The van der Waals surface area contributed by atoms with Crippen LogP contribution in [0.2, 0.25) is 0 Å². The molecule has 0 unspecified atom stereocenters. The molecule has 4 heterocycles.